The van der Waals surface area contributed by atoms with Crippen molar-refractivity contribution in [3.63, 3.8) is 0 Å². The van der Waals surface area contributed by atoms with Gasteiger partial charge in [0.05, 0.1) is 5.92 Å². The number of oxazole rings is 1. The first-order valence-electron chi connectivity index (χ1n) is 10.4. The zero-order valence-electron chi connectivity index (χ0n) is 17.7. The highest BCUT2D eigenvalue weighted by Crippen LogP contribution is 2.27. The van der Waals surface area contributed by atoms with Crippen molar-refractivity contribution < 1.29 is 18.4 Å². The highest BCUT2D eigenvalue weighted by atomic mass is 32.2. The molecule has 2 amide bonds. The number of primary amides is 1. The van der Waals surface area contributed by atoms with Crippen LogP contribution in [0.25, 0.3) is 11.1 Å². The molecule has 8 heteroatoms. The molecule has 0 saturated heterocycles. The van der Waals surface area contributed by atoms with E-state index in [0.29, 0.717) is 28.5 Å². The van der Waals surface area contributed by atoms with Crippen molar-refractivity contribution >= 4 is 34.7 Å². The summed E-state index contributed by atoms with van der Waals surface area (Å²) in [5.41, 5.74) is 9.11. The predicted octanol–water partition coefficient (Wildman–Crippen LogP) is 4.33. The topological polar surface area (TPSA) is 98.2 Å². The normalized spacial score (nSPS) is 11.9. The van der Waals surface area contributed by atoms with Crippen LogP contribution in [0.3, 0.4) is 0 Å². The van der Waals surface area contributed by atoms with Crippen molar-refractivity contribution in [1.29, 1.82) is 0 Å². The minimum Gasteiger partial charge on any atom is -0.431 e. The molecule has 0 bridgehead atoms. The van der Waals surface area contributed by atoms with E-state index >= 15 is 0 Å². The van der Waals surface area contributed by atoms with E-state index in [-0.39, 0.29) is 18.3 Å². The standard InChI is InChI=1S/C25H22FN3O3S/c26-19-11-9-16(10-12-19)13-18(23(27)30)14-28-24(31)20-6-2-1-5-17(20)15-33-25-29-21-7-3-4-8-22(21)32-25/h1-12,18H,13-15H2,(H2,27,30)(H,28,31). The lowest BCUT2D eigenvalue weighted by atomic mass is 9.98. The van der Waals surface area contributed by atoms with Crippen molar-refractivity contribution in [3.05, 3.63) is 95.3 Å². The summed E-state index contributed by atoms with van der Waals surface area (Å²) in [6, 6.07) is 20.6. The lowest BCUT2D eigenvalue weighted by Gasteiger charge is -2.15. The summed E-state index contributed by atoms with van der Waals surface area (Å²) < 4.78 is 18.9. The SMILES string of the molecule is NC(=O)C(CNC(=O)c1ccccc1CSc1nc2ccccc2o1)Cc1ccc(F)cc1. The number of halogens is 1. The van der Waals surface area contributed by atoms with Crippen molar-refractivity contribution in [2.24, 2.45) is 11.7 Å². The number of amides is 2. The minimum atomic E-state index is -0.610. The predicted molar refractivity (Wildman–Crippen MR) is 125 cm³/mol. The average Bonchev–Trinajstić information content (AvgIpc) is 3.24. The third kappa shape index (κ3) is 5.78. The zero-order chi connectivity index (χ0) is 23.2. The lowest BCUT2D eigenvalue weighted by molar-refractivity contribution is -0.121. The van der Waals surface area contributed by atoms with Gasteiger partial charge in [0.1, 0.15) is 11.3 Å². The average molecular weight is 464 g/mol. The van der Waals surface area contributed by atoms with Gasteiger partial charge in [0, 0.05) is 17.9 Å². The van der Waals surface area contributed by atoms with Gasteiger partial charge in [0.2, 0.25) is 5.91 Å². The molecular formula is C25H22FN3O3S. The summed E-state index contributed by atoms with van der Waals surface area (Å²) in [6.07, 6.45) is 0.311. The van der Waals surface area contributed by atoms with Gasteiger partial charge < -0.3 is 15.5 Å². The molecule has 168 valence electrons. The Morgan fingerprint density at radius 3 is 2.52 bits per heavy atom. The number of para-hydroxylation sites is 2. The van der Waals surface area contributed by atoms with E-state index in [0.717, 1.165) is 16.6 Å². The maximum Gasteiger partial charge on any atom is 0.257 e. The number of carbonyl (C=O) groups excluding carboxylic acids is 2. The summed E-state index contributed by atoms with van der Waals surface area (Å²) in [7, 11) is 0. The van der Waals surface area contributed by atoms with Gasteiger partial charge >= 0.3 is 0 Å². The molecule has 0 fully saturated rings. The van der Waals surface area contributed by atoms with Crippen LogP contribution < -0.4 is 11.1 Å². The number of hydrogen-bond acceptors (Lipinski definition) is 5. The summed E-state index contributed by atoms with van der Waals surface area (Å²) >= 11 is 1.40. The van der Waals surface area contributed by atoms with Crippen LogP contribution in [0.2, 0.25) is 0 Å². The first-order chi connectivity index (χ1) is 16.0. The second-order valence-corrected chi connectivity index (χ2v) is 8.46. The van der Waals surface area contributed by atoms with E-state index in [4.69, 9.17) is 10.2 Å². The second-order valence-electron chi connectivity index (χ2n) is 7.53. The Hall–Kier alpha value is -3.65. The Bertz CT molecular complexity index is 1240. The van der Waals surface area contributed by atoms with Gasteiger partial charge in [0.25, 0.3) is 11.1 Å². The molecule has 6 nitrogen and oxygen atoms in total. The summed E-state index contributed by atoms with van der Waals surface area (Å²) in [6.45, 7) is 0.0815. The molecule has 1 atom stereocenters. The van der Waals surface area contributed by atoms with Gasteiger partial charge in [-0.15, -0.1) is 0 Å². The van der Waals surface area contributed by atoms with Crippen LogP contribution in [-0.4, -0.2) is 23.3 Å². The Labute approximate surface area is 194 Å². The number of fused-ring (bicyclic) bond motifs is 1. The minimum absolute atomic E-state index is 0.0815. The monoisotopic (exact) mass is 463 g/mol. The molecule has 1 heterocycles. The van der Waals surface area contributed by atoms with Crippen LogP contribution >= 0.6 is 11.8 Å². The number of thioether (sulfide) groups is 1. The molecule has 4 rings (SSSR count). The number of carbonyl (C=O) groups is 2. The fourth-order valence-corrected chi connectivity index (χ4v) is 4.25. The third-order valence-corrected chi connectivity index (χ3v) is 6.07. The van der Waals surface area contributed by atoms with Gasteiger partial charge in [-0.3, -0.25) is 9.59 Å². The molecule has 0 saturated carbocycles. The van der Waals surface area contributed by atoms with E-state index < -0.39 is 11.8 Å². The van der Waals surface area contributed by atoms with Gasteiger partial charge in [-0.25, -0.2) is 9.37 Å². The van der Waals surface area contributed by atoms with Gasteiger partial charge in [0.15, 0.2) is 5.58 Å². The summed E-state index contributed by atoms with van der Waals surface area (Å²) in [5.74, 6) is -1.30. The largest absolute Gasteiger partial charge is 0.431 e. The highest BCUT2D eigenvalue weighted by Gasteiger charge is 2.19. The number of benzene rings is 3. The van der Waals surface area contributed by atoms with E-state index in [1.807, 2.05) is 36.4 Å². The molecular weight excluding hydrogens is 441 g/mol. The molecule has 0 aliphatic rings. The molecule has 0 aliphatic carbocycles. The smallest absolute Gasteiger partial charge is 0.257 e. The quantitative estimate of drug-likeness (QED) is 0.360. The van der Waals surface area contributed by atoms with E-state index in [9.17, 15) is 14.0 Å². The van der Waals surface area contributed by atoms with Crippen LogP contribution in [0.1, 0.15) is 21.5 Å². The molecule has 0 radical (unpaired) electrons. The number of rotatable bonds is 9. The Morgan fingerprint density at radius 1 is 1.03 bits per heavy atom. The van der Waals surface area contributed by atoms with Crippen LogP contribution in [-0.2, 0) is 17.0 Å². The summed E-state index contributed by atoms with van der Waals surface area (Å²) in [5, 5.41) is 3.34. The zero-order valence-corrected chi connectivity index (χ0v) is 18.5. The van der Waals surface area contributed by atoms with E-state index in [1.165, 1.54) is 23.9 Å². The maximum atomic E-state index is 13.1. The molecule has 0 aliphatic heterocycles. The summed E-state index contributed by atoms with van der Waals surface area (Å²) in [4.78, 5) is 29.2. The Balaban J connectivity index is 1.40. The molecule has 4 aromatic rings. The van der Waals surface area contributed by atoms with Crippen LogP contribution in [0, 0.1) is 11.7 Å². The lowest BCUT2D eigenvalue weighted by Crippen LogP contribution is -2.37. The van der Waals surface area contributed by atoms with Crippen molar-refractivity contribution in [3.8, 4) is 0 Å². The van der Waals surface area contributed by atoms with Crippen molar-refractivity contribution in [1.82, 2.24) is 10.3 Å². The molecule has 3 N–H and O–H groups in total. The Kier molecular flexibility index (Phi) is 7.04. The second kappa shape index (κ2) is 10.3. The molecule has 3 aromatic carbocycles. The fourth-order valence-electron chi connectivity index (χ4n) is 3.41. The van der Waals surface area contributed by atoms with Crippen molar-refractivity contribution in [2.45, 2.75) is 17.4 Å². The number of nitrogens with one attached hydrogen (secondary N) is 1. The van der Waals surface area contributed by atoms with E-state index in [1.54, 1.807) is 24.3 Å². The van der Waals surface area contributed by atoms with E-state index in [2.05, 4.69) is 10.3 Å². The van der Waals surface area contributed by atoms with Crippen LogP contribution in [0.5, 0.6) is 0 Å². The number of nitrogens with two attached hydrogens (primary N) is 1. The van der Waals surface area contributed by atoms with Crippen molar-refractivity contribution in [2.75, 3.05) is 6.54 Å². The maximum absolute atomic E-state index is 13.1. The highest BCUT2D eigenvalue weighted by molar-refractivity contribution is 7.98. The van der Waals surface area contributed by atoms with Gasteiger partial charge in [-0.1, -0.05) is 54.2 Å². The Morgan fingerprint density at radius 2 is 1.76 bits per heavy atom. The van der Waals surface area contributed by atoms with Crippen LogP contribution in [0.15, 0.2) is 82.4 Å². The van der Waals surface area contributed by atoms with Crippen LogP contribution in [0.4, 0.5) is 4.39 Å². The fraction of sp³-hybridized carbons (Fsp3) is 0.160. The number of aromatic nitrogens is 1. The third-order valence-electron chi connectivity index (χ3n) is 5.19. The molecule has 0 spiro atoms. The number of nitrogens with zero attached hydrogens (tertiary/aromatic N) is 1. The van der Waals surface area contributed by atoms with Gasteiger partial charge in [-0.05, 0) is 47.9 Å². The molecule has 1 aromatic heterocycles. The molecule has 33 heavy (non-hydrogen) atoms. The van der Waals surface area contributed by atoms with Gasteiger partial charge in [-0.2, -0.15) is 0 Å². The number of hydrogen-bond donors (Lipinski definition) is 2. The molecule has 1 unspecified atom stereocenters. The first kappa shape index (κ1) is 22.5. The first-order valence-corrected chi connectivity index (χ1v) is 11.4.